The summed E-state index contributed by atoms with van der Waals surface area (Å²) < 4.78 is 23.7. The topological polar surface area (TPSA) is 77.8 Å². The van der Waals surface area contributed by atoms with E-state index < -0.39 is 22.2 Å². The summed E-state index contributed by atoms with van der Waals surface area (Å²) in [5.41, 5.74) is -1.27. The fourth-order valence-electron chi connectivity index (χ4n) is 1.86. The van der Waals surface area contributed by atoms with E-state index in [2.05, 4.69) is 0 Å². The monoisotopic (exact) mass is 223 g/mol. The van der Waals surface area contributed by atoms with E-state index in [9.17, 15) is 13.5 Å². The third kappa shape index (κ3) is 2.08. The molecule has 1 heterocycles. The zero-order valence-electron chi connectivity index (χ0n) is 8.47. The van der Waals surface area contributed by atoms with Crippen molar-refractivity contribution in [3.05, 3.63) is 0 Å². The molecule has 0 aromatic heterocycles. The van der Waals surface area contributed by atoms with Crippen LogP contribution in [0.5, 0.6) is 0 Å². The Morgan fingerprint density at radius 2 is 2.14 bits per heavy atom. The van der Waals surface area contributed by atoms with Gasteiger partial charge in [0, 0.05) is 19.0 Å². The fourth-order valence-corrected chi connectivity index (χ4v) is 2.76. The van der Waals surface area contributed by atoms with Gasteiger partial charge in [-0.15, -0.1) is 0 Å². The van der Waals surface area contributed by atoms with Gasteiger partial charge in [-0.3, -0.25) is 0 Å². The van der Waals surface area contributed by atoms with Gasteiger partial charge in [-0.25, -0.2) is 8.42 Å². The SMILES string of the molecule is CC[C@H]1CN(S(C)(=O)=O)C[C@@]1(O)CO. The Balaban J connectivity index is 2.86. The highest BCUT2D eigenvalue weighted by atomic mass is 32.2. The van der Waals surface area contributed by atoms with Crippen LogP contribution < -0.4 is 0 Å². The summed E-state index contributed by atoms with van der Waals surface area (Å²) in [4.78, 5) is 0. The minimum atomic E-state index is -3.26. The Morgan fingerprint density at radius 1 is 1.57 bits per heavy atom. The lowest BCUT2D eigenvalue weighted by Crippen LogP contribution is -2.42. The normalized spacial score (nSPS) is 35.0. The molecule has 1 aliphatic rings. The largest absolute Gasteiger partial charge is 0.393 e. The van der Waals surface area contributed by atoms with Crippen LogP contribution in [0.2, 0.25) is 0 Å². The first kappa shape index (κ1) is 11.9. The van der Waals surface area contributed by atoms with Crippen molar-refractivity contribution in [1.29, 1.82) is 0 Å². The maximum atomic E-state index is 11.2. The van der Waals surface area contributed by atoms with Crippen LogP contribution in [-0.2, 0) is 10.0 Å². The summed E-state index contributed by atoms with van der Waals surface area (Å²) in [6, 6.07) is 0. The molecule has 84 valence electrons. The van der Waals surface area contributed by atoms with Gasteiger partial charge in [0.15, 0.2) is 0 Å². The van der Waals surface area contributed by atoms with Crippen LogP contribution in [-0.4, -0.2) is 54.5 Å². The second kappa shape index (κ2) is 3.77. The molecule has 2 N–H and O–H groups in total. The average molecular weight is 223 g/mol. The minimum absolute atomic E-state index is 0.000833. The first-order valence-electron chi connectivity index (χ1n) is 4.62. The number of rotatable bonds is 3. The third-order valence-electron chi connectivity index (χ3n) is 2.87. The Hall–Kier alpha value is -0.170. The van der Waals surface area contributed by atoms with E-state index >= 15 is 0 Å². The summed E-state index contributed by atoms with van der Waals surface area (Å²) in [6.07, 6.45) is 1.77. The molecule has 0 saturated carbocycles. The summed E-state index contributed by atoms with van der Waals surface area (Å²) in [5, 5.41) is 19.0. The molecule has 0 unspecified atom stereocenters. The summed E-state index contributed by atoms with van der Waals surface area (Å²) in [6.45, 7) is 1.78. The van der Waals surface area contributed by atoms with E-state index in [0.717, 1.165) is 6.26 Å². The Morgan fingerprint density at radius 3 is 2.43 bits per heavy atom. The molecule has 14 heavy (non-hydrogen) atoms. The van der Waals surface area contributed by atoms with Crippen molar-refractivity contribution in [2.24, 2.45) is 5.92 Å². The number of hydrogen-bond acceptors (Lipinski definition) is 4. The van der Waals surface area contributed by atoms with Crippen LogP contribution in [0.1, 0.15) is 13.3 Å². The molecule has 1 rings (SSSR count). The molecule has 1 aliphatic heterocycles. The van der Waals surface area contributed by atoms with Gasteiger partial charge in [-0.05, 0) is 6.42 Å². The number of β-amino-alcohol motifs (C(OH)–C–C–N with tert-alkyl or cyclic N) is 1. The van der Waals surface area contributed by atoms with Crippen LogP contribution in [0.15, 0.2) is 0 Å². The third-order valence-corrected chi connectivity index (χ3v) is 4.09. The number of hydrogen-bond donors (Lipinski definition) is 2. The van der Waals surface area contributed by atoms with E-state index in [4.69, 9.17) is 5.11 Å². The maximum absolute atomic E-state index is 11.2. The van der Waals surface area contributed by atoms with Crippen LogP contribution in [0, 0.1) is 5.92 Å². The van der Waals surface area contributed by atoms with Crippen molar-refractivity contribution >= 4 is 10.0 Å². The van der Waals surface area contributed by atoms with Crippen molar-refractivity contribution < 1.29 is 18.6 Å². The van der Waals surface area contributed by atoms with Crippen LogP contribution in [0.25, 0.3) is 0 Å². The predicted molar refractivity (Wildman–Crippen MR) is 52.2 cm³/mol. The Kier molecular flexibility index (Phi) is 3.20. The molecule has 1 saturated heterocycles. The molecule has 2 atom stereocenters. The molecule has 0 amide bonds. The highest BCUT2D eigenvalue weighted by Crippen LogP contribution is 2.31. The summed E-state index contributed by atoms with van der Waals surface area (Å²) in [7, 11) is -3.26. The quantitative estimate of drug-likeness (QED) is 0.644. The molecule has 5 nitrogen and oxygen atoms in total. The molecule has 0 spiro atoms. The summed E-state index contributed by atoms with van der Waals surface area (Å²) >= 11 is 0. The lowest BCUT2D eigenvalue weighted by Gasteiger charge is -2.25. The smallest absolute Gasteiger partial charge is 0.211 e. The molecule has 0 bridgehead atoms. The average Bonchev–Trinajstić information content (AvgIpc) is 2.43. The molecule has 0 aromatic carbocycles. The van der Waals surface area contributed by atoms with Crippen molar-refractivity contribution in [2.75, 3.05) is 26.0 Å². The van der Waals surface area contributed by atoms with E-state index in [-0.39, 0.29) is 12.5 Å². The number of nitrogens with zero attached hydrogens (tertiary/aromatic N) is 1. The zero-order chi connectivity index (χ0) is 11.0. The van der Waals surface area contributed by atoms with Gasteiger partial charge >= 0.3 is 0 Å². The lowest BCUT2D eigenvalue weighted by molar-refractivity contribution is -0.0350. The van der Waals surface area contributed by atoms with E-state index in [1.165, 1.54) is 4.31 Å². The van der Waals surface area contributed by atoms with Crippen molar-refractivity contribution in [3.63, 3.8) is 0 Å². The van der Waals surface area contributed by atoms with Crippen molar-refractivity contribution in [1.82, 2.24) is 4.31 Å². The van der Waals surface area contributed by atoms with Crippen molar-refractivity contribution in [3.8, 4) is 0 Å². The van der Waals surface area contributed by atoms with Gasteiger partial charge < -0.3 is 10.2 Å². The second-order valence-electron chi connectivity index (χ2n) is 3.92. The fraction of sp³-hybridized carbons (Fsp3) is 1.00. The minimum Gasteiger partial charge on any atom is -0.393 e. The molecular weight excluding hydrogens is 206 g/mol. The van der Waals surface area contributed by atoms with E-state index in [1.807, 2.05) is 6.92 Å². The highest BCUT2D eigenvalue weighted by Gasteiger charge is 2.46. The highest BCUT2D eigenvalue weighted by molar-refractivity contribution is 7.88. The van der Waals surface area contributed by atoms with Crippen LogP contribution in [0.4, 0.5) is 0 Å². The molecular formula is C8H17NO4S. The molecule has 6 heteroatoms. The predicted octanol–water partition coefficient (Wildman–Crippen LogP) is -0.989. The number of aliphatic hydroxyl groups excluding tert-OH is 1. The molecule has 0 aliphatic carbocycles. The Bertz CT molecular complexity index is 302. The van der Waals surface area contributed by atoms with E-state index in [0.29, 0.717) is 13.0 Å². The second-order valence-corrected chi connectivity index (χ2v) is 5.90. The molecule has 1 fully saturated rings. The molecule has 0 radical (unpaired) electrons. The maximum Gasteiger partial charge on any atom is 0.211 e. The van der Waals surface area contributed by atoms with Crippen molar-refractivity contribution in [2.45, 2.75) is 18.9 Å². The Labute approximate surface area is 84.4 Å². The first-order chi connectivity index (χ1) is 6.33. The van der Waals surface area contributed by atoms with Gasteiger partial charge in [0.25, 0.3) is 0 Å². The van der Waals surface area contributed by atoms with E-state index in [1.54, 1.807) is 0 Å². The van der Waals surface area contributed by atoms with Gasteiger partial charge in [-0.1, -0.05) is 6.92 Å². The van der Waals surface area contributed by atoms with Gasteiger partial charge in [0.1, 0.15) is 5.60 Å². The molecule has 0 aromatic rings. The zero-order valence-corrected chi connectivity index (χ0v) is 9.29. The standard InChI is InChI=1S/C8H17NO4S/c1-3-7-4-9(14(2,12)13)5-8(7,11)6-10/h7,10-11H,3-6H2,1-2H3/t7-,8+/m0/s1. The summed E-state index contributed by atoms with van der Waals surface area (Å²) in [5.74, 6) is -0.178. The lowest BCUT2D eigenvalue weighted by atomic mass is 9.90. The van der Waals surface area contributed by atoms with Gasteiger partial charge in [-0.2, -0.15) is 4.31 Å². The van der Waals surface area contributed by atoms with Gasteiger partial charge in [0.2, 0.25) is 10.0 Å². The van der Waals surface area contributed by atoms with Crippen LogP contribution in [0.3, 0.4) is 0 Å². The number of aliphatic hydroxyl groups is 2. The van der Waals surface area contributed by atoms with Crippen LogP contribution >= 0.6 is 0 Å². The number of sulfonamides is 1. The van der Waals surface area contributed by atoms with Gasteiger partial charge in [0.05, 0.1) is 12.9 Å². The first-order valence-corrected chi connectivity index (χ1v) is 6.46.